The molecule has 5 aliphatic carbocycles. The quantitative estimate of drug-likeness (QED) is 0.319. The Hall–Kier alpha value is -2.22. The first-order valence-electron chi connectivity index (χ1n) is 15.9. The zero-order chi connectivity index (χ0) is 31.1. The molecule has 0 spiro atoms. The third-order valence-corrected chi connectivity index (χ3v) is 13.9. The van der Waals surface area contributed by atoms with Crippen LogP contribution in [0.5, 0.6) is 0 Å². The molecule has 4 fully saturated rings. The van der Waals surface area contributed by atoms with Crippen molar-refractivity contribution in [3.63, 3.8) is 0 Å². The molecule has 5 rings (SSSR count). The molecule has 2 N–H and O–H groups in total. The number of carboxylic acid groups (broad SMARTS) is 1. The van der Waals surface area contributed by atoms with Gasteiger partial charge in [0, 0.05) is 26.2 Å². The molecule has 8 nitrogen and oxygen atoms in total. The number of ether oxygens (including phenoxy) is 2. The smallest absolute Gasteiger partial charge is 0.310 e. The van der Waals surface area contributed by atoms with Crippen LogP contribution in [0.3, 0.4) is 0 Å². The van der Waals surface area contributed by atoms with Gasteiger partial charge in [-0.25, -0.2) is 0 Å². The fraction of sp³-hybridized carbons (Fsp3) is 0.824. The zero-order valence-electron chi connectivity index (χ0n) is 26.5. The Morgan fingerprint density at radius 2 is 1.52 bits per heavy atom. The maximum atomic E-state index is 13.8. The van der Waals surface area contributed by atoms with Gasteiger partial charge in [-0.2, -0.15) is 0 Å². The van der Waals surface area contributed by atoms with Gasteiger partial charge in [0.15, 0.2) is 0 Å². The summed E-state index contributed by atoms with van der Waals surface area (Å²) in [5, 5.41) is 22.6. The Kier molecular flexibility index (Phi) is 7.36. The third kappa shape index (κ3) is 4.02. The topological polar surface area (TPSA) is 127 Å². The average molecular weight is 587 g/mol. The predicted octanol–water partition coefficient (Wildman–Crippen LogP) is 5.50. The Bertz CT molecular complexity index is 1200. The van der Waals surface area contributed by atoms with Gasteiger partial charge in [-0.1, -0.05) is 39.3 Å². The maximum Gasteiger partial charge on any atom is 0.310 e. The molecule has 234 valence electrons. The molecule has 0 aromatic carbocycles. The lowest BCUT2D eigenvalue weighted by atomic mass is 9.33. The summed E-state index contributed by atoms with van der Waals surface area (Å²) >= 11 is 0. The van der Waals surface area contributed by atoms with Crippen LogP contribution < -0.4 is 0 Å². The van der Waals surface area contributed by atoms with Crippen molar-refractivity contribution in [2.75, 3.05) is 13.2 Å². The number of aliphatic carboxylic acids is 1. The van der Waals surface area contributed by atoms with Crippen molar-refractivity contribution in [2.24, 2.45) is 50.7 Å². The third-order valence-electron chi connectivity index (χ3n) is 13.9. The van der Waals surface area contributed by atoms with Gasteiger partial charge < -0.3 is 19.7 Å². The highest BCUT2D eigenvalue weighted by Crippen LogP contribution is 2.76. The second-order valence-electron chi connectivity index (χ2n) is 15.5. The van der Waals surface area contributed by atoms with E-state index in [4.69, 9.17) is 9.47 Å². The number of fused-ring (bicyclic) bond motifs is 7. The summed E-state index contributed by atoms with van der Waals surface area (Å²) in [4.78, 5) is 50.6. The van der Waals surface area contributed by atoms with Crippen molar-refractivity contribution in [3.05, 3.63) is 11.6 Å². The molecule has 42 heavy (non-hydrogen) atoms. The minimum absolute atomic E-state index is 0.00882. The number of carbonyl (C=O) groups is 4. The molecule has 4 saturated carbocycles. The number of hydrogen-bond donors (Lipinski definition) is 2. The second kappa shape index (κ2) is 9.90. The highest BCUT2D eigenvalue weighted by Gasteiger charge is 2.72. The highest BCUT2D eigenvalue weighted by molar-refractivity contribution is 5.87. The summed E-state index contributed by atoms with van der Waals surface area (Å²) < 4.78 is 11.1. The summed E-state index contributed by atoms with van der Waals surface area (Å²) in [5.41, 5.74) is -2.88. The van der Waals surface area contributed by atoms with Crippen molar-refractivity contribution in [1.82, 2.24) is 0 Å². The van der Waals surface area contributed by atoms with E-state index in [0.717, 1.165) is 24.8 Å². The van der Waals surface area contributed by atoms with Gasteiger partial charge in [0.1, 0.15) is 24.4 Å². The van der Waals surface area contributed by atoms with E-state index in [9.17, 15) is 29.4 Å². The molecule has 0 aliphatic heterocycles. The van der Waals surface area contributed by atoms with E-state index in [2.05, 4.69) is 26.8 Å². The molecule has 0 heterocycles. The van der Waals surface area contributed by atoms with E-state index in [1.165, 1.54) is 13.8 Å². The van der Waals surface area contributed by atoms with Crippen LogP contribution in [0.1, 0.15) is 106 Å². The molecule has 0 aromatic heterocycles. The molecular weight excluding hydrogens is 536 g/mol. The van der Waals surface area contributed by atoms with Crippen LogP contribution in [0.2, 0.25) is 0 Å². The molecule has 0 bridgehead atoms. The van der Waals surface area contributed by atoms with E-state index >= 15 is 0 Å². The van der Waals surface area contributed by atoms with Gasteiger partial charge in [0.2, 0.25) is 0 Å². The van der Waals surface area contributed by atoms with Crippen molar-refractivity contribution in [3.8, 4) is 0 Å². The van der Waals surface area contributed by atoms with Crippen LogP contribution >= 0.6 is 0 Å². The highest BCUT2D eigenvalue weighted by atomic mass is 16.5. The van der Waals surface area contributed by atoms with Crippen molar-refractivity contribution >= 4 is 23.7 Å². The van der Waals surface area contributed by atoms with E-state index < -0.39 is 40.3 Å². The number of carboxylic acids is 1. The van der Waals surface area contributed by atoms with E-state index in [1.54, 1.807) is 0 Å². The lowest BCUT2D eigenvalue weighted by molar-refractivity contribution is -0.216. The Labute approximate surface area is 250 Å². The fourth-order valence-corrected chi connectivity index (χ4v) is 11.2. The summed E-state index contributed by atoms with van der Waals surface area (Å²) in [5.74, 6) is -2.15. The number of aliphatic hydroxyl groups is 1. The van der Waals surface area contributed by atoms with Crippen LogP contribution in [-0.2, 0) is 28.7 Å². The van der Waals surface area contributed by atoms with E-state index in [1.807, 2.05) is 13.8 Å². The van der Waals surface area contributed by atoms with Gasteiger partial charge in [-0.05, 0) is 92.3 Å². The average Bonchev–Trinajstić information content (AvgIpc) is 2.90. The van der Waals surface area contributed by atoms with Crippen molar-refractivity contribution < 1.29 is 38.9 Å². The first-order chi connectivity index (χ1) is 19.4. The Balaban J connectivity index is 1.61. The van der Waals surface area contributed by atoms with Crippen LogP contribution in [0.25, 0.3) is 0 Å². The molecule has 8 heteroatoms. The first kappa shape index (κ1) is 31.2. The largest absolute Gasteiger partial charge is 0.481 e. The van der Waals surface area contributed by atoms with Gasteiger partial charge in [0.25, 0.3) is 0 Å². The minimum atomic E-state index is -1.13. The van der Waals surface area contributed by atoms with E-state index in [-0.39, 0.29) is 53.0 Å². The number of Topliss-reactive ketones (excluding diaryl/α,β-unsaturated/α-hetero) is 1. The monoisotopic (exact) mass is 586 g/mol. The van der Waals surface area contributed by atoms with Crippen LogP contribution in [0, 0.1) is 50.7 Å². The molecule has 0 unspecified atom stereocenters. The number of hydrogen-bond acceptors (Lipinski definition) is 7. The number of rotatable bonds is 5. The Morgan fingerprint density at radius 3 is 2.10 bits per heavy atom. The van der Waals surface area contributed by atoms with E-state index in [0.29, 0.717) is 38.5 Å². The number of ketones is 1. The number of carbonyl (C=O) groups excluding carboxylic acids is 3. The first-order valence-corrected chi connectivity index (χ1v) is 15.9. The molecular formula is C34H50O8. The number of esters is 2. The lowest BCUT2D eigenvalue weighted by Gasteiger charge is -2.71. The van der Waals surface area contributed by atoms with Gasteiger partial charge in [-0.3, -0.25) is 19.2 Å². The summed E-state index contributed by atoms with van der Waals surface area (Å²) in [6, 6.07) is 0. The SMILES string of the molecule is CC(=O)OCC1(COC(C)=O)C(=O)CC[C@]2(C)[C@H]3CC=C4[C@H]5[C@](C(=O)O)(CC[C@@H](C)[C@@]5(C)O)CC[C@@]4(C)[C@]3(C)CC[C@@H]12. The minimum Gasteiger partial charge on any atom is -0.481 e. The normalized spacial score (nSPS) is 45.7. The summed E-state index contributed by atoms with van der Waals surface area (Å²) in [7, 11) is 0. The maximum absolute atomic E-state index is 13.8. The van der Waals surface area contributed by atoms with Gasteiger partial charge in [-0.15, -0.1) is 0 Å². The second-order valence-corrected chi connectivity index (χ2v) is 15.5. The number of allylic oxidation sites excluding steroid dienone is 1. The molecule has 5 aliphatic rings. The van der Waals surface area contributed by atoms with Crippen LogP contribution in [0.4, 0.5) is 0 Å². The molecule has 0 radical (unpaired) electrons. The van der Waals surface area contributed by atoms with Crippen molar-refractivity contribution in [2.45, 2.75) is 112 Å². The zero-order valence-corrected chi connectivity index (χ0v) is 26.5. The standard InChI is InChI=1S/C34H50O8/c1-20-10-15-33(28(38)39)17-16-30(5)23(27(33)32(20,7)40)8-9-24-29(4)13-12-26(37)34(18-41-21(2)35,19-42-22(3)36)25(29)11-14-31(24,30)6/h8,20,24-25,27,40H,9-19H2,1-7H3,(H,38,39)/t20-,24-,25-,27-,29-,30-,31-,32-,33+/m1/s1. The predicted molar refractivity (Wildman–Crippen MR) is 155 cm³/mol. The molecule has 0 saturated heterocycles. The molecule has 0 aromatic rings. The summed E-state index contributed by atoms with van der Waals surface area (Å²) in [6.07, 6.45) is 8.10. The van der Waals surface area contributed by atoms with Crippen LogP contribution in [0.15, 0.2) is 11.6 Å². The van der Waals surface area contributed by atoms with Gasteiger partial charge >= 0.3 is 17.9 Å². The molecule has 0 amide bonds. The lowest BCUT2D eigenvalue weighted by Crippen LogP contribution is -2.68. The van der Waals surface area contributed by atoms with Crippen molar-refractivity contribution in [1.29, 1.82) is 0 Å². The van der Waals surface area contributed by atoms with Gasteiger partial charge in [0.05, 0.1) is 11.0 Å². The van der Waals surface area contributed by atoms with Crippen LogP contribution in [-0.4, -0.2) is 52.7 Å². The summed E-state index contributed by atoms with van der Waals surface area (Å²) in [6.45, 7) is 13.3. The molecule has 9 atom stereocenters. The Morgan fingerprint density at radius 1 is 0.905 bits per heavy atom. The fourth-order valence-electron chi connectivity index (χ4n) is 11.2.